The number of halogens is 1. The molecule has 20 heavy (non-hydrogen) atoms. The molecule has 0 aromatic heterocycles. The van der Waals surface area contributed by atoms with Crippen molar-refractivity contribution in [1.29, 1.82) is 0 Å². The van der Waals surface area contributed by atoms with E-state index < -0.39 is 0 Å². The van der Waals surface area contributed by atoms with E-state index >= 15 is 0 Å². The zero-order valence-electron chi connectivity index (χ0n) is 12.4. The van der Waals surface area contributed by atoms with E-state index in [1.54, 1.807) is 6.07 Å². The highest BCUT2D eigenvalue weighted by molar-refractivity contribution is 5.55. The molecule has 1 aromatic carbocycles. The number of benzene rings is 1. The summed E-state index contributed by atoms with van der Waals surface area (Å²) in [6.45, 7) is 2.63. The Labute approximate surface area is 120 Å². The lowest BCUT2D eigenvalue weighted by Crippen LogP contribution is -2.37. The second-order valence-corrected chi connectivity index (χ2v) is 6.06. The molecular formula is C16H24FN3. The summed E-state index contributed by atoms with van der Waals surface area (Å²) < 4.78 is 14.3. The Balaban J connectivity index is 1.89. The maximum atomic E-state index is 14.3. The number of nitrogens with one attached hydrogen (secondary N) is 1. The standard InChI is InChI=1S/C16H24FN3/c1-18-10-12-4-3-5-15(17)16(12)20-9-8-13-6-7-14(11-20)19(13)2/h3-5,13-14,18H,6-11H2,1-2H3. The second kappa shape index (κ2) is 5.70. The first-order valence-corrected chi connectivity index (χ1v) is 7.59. The summed E-state index contributed by atoms with van der Waals surface area (Å²) in [5.41, 5.74) is 1.87. The average Bonchev–Trinajstić information content (AvgIpc) is 2.66. The van der Waals surface area contributed by atoms with Gasteiger partial charge in [0.1, 0.15) is 5.82 Å². The van der Waals surface area contributed by atoms with Crippen molar-refractivity contribution < 1.29 is 4.39 Å². The van der Waals surface area contributed by atoms with E-state index in [1.807, 2.05) is 19.2 Å². The monoisotopic (exact) mass is 277 g/mol. The lowest BCUT2D eigenvalue weighted by atomic mass is 10.1. The highest BCUT2D eigenvalue weighted by Gasteiger charge is 2.35. The lowest BCUT2D eigenvalue weighted by Gasteiger charge is -2.29. The zero-order chi connectivity index (χ0) is 14.1. The van der Waals surface area contributed by atoms with E-state index in [0.29, 0.717) is 18.6 Å². The van der Waals surface area contributed by atoms with Crippen LogP contribution in [0.2, 0.25) is 0 Å². The van der Waals surface area contributed by atoms with Crippen LogP contribution in [0.4, 0.5) is 10.1 Å². The second-order valence-electron chi connectivity index (χ2n) is 6.06. The molecule has 0 amide bonds. The molecule has 1 aromatic rings. The molecule has 0 saturated carbocycles. The largest absolute Gasteiger partial charge is 0.367 e. The van der Waals surface area contributed by atoms with Gasteiger partial charge in [-0.3, -0.25) is 4.90 Å². The van der Waals surface area contributed by atoms with E-state index in [1.165, 1.54) is 12.8 Å². The first-order chi connectivity index (χ1) is 9.70. The quantitative estimate of drug-likeness (QED) is 0.914. The van der Waals surface area contributed by atoms with Gasteiger partial charge in [-0.25, -0.2) is 4.39 Å². The van der Waals surface area contributed by atoms with E-state index in [4.69, 9.17) is 0 Å². The van der Waals surface area contributed by atoms with Crippen LogP contribution in [0.15, 0.2) is 18.2 Å². The molecule has 2 atom stereocenters. The number of fused-ring (bicyclic) bond motifs is 2. The normalized spacial score (nSPS) is 26.9. The number of likely N-dealkylation sites (N-methyl/N-ethyl adjacent to an activating group) is 1. The summed E-state index contributed by atoms with van der Waals surface area (Å²) in [6, 6.07) is 6.68. The maximum Gasteiger partial charge on any atom is 0.146 e. The lowest BCUT2D eigenvalue weighted by molar-refractivity contribution is 0.254. The van der Waals surface area contributed by atoms with E-state index in [-0.39, 0.29) is 5.82 Å². The molecule has 0 radical (unpaired) electrons. The fourth-order valence-electron chi connectivity index (χ4n) is 3.76. The van der Waals surface area contributed by atoms with Gasteiger partial charge in [0, 0.05) is 31.7 Å². The molecule has 3 nitrogen and oxygen atoms in total. The Kier molecular flexibility index (Phi) is 3.94. The molecule has 2 heterocycles. The van der Waals surface area contributed by atoms with E-state index in [0.717, 1.165) is 30.8 Å². The van der Waals surface area contributed by atoms with Crippen molar-refractivity contribution in [3.05, 3.63) is 29.6 Å². The summed E-state index contributed by atoms with van der Waals surface area (Å²) in [6.07, 6.45) is 3.68. The van der Waals surface area contributed by atoms with Gasteiger partial charge in [0.05, 0.1) is 5.69 Å². The fraction of sp³-hybridized carbons (Fsp3) is 0.625. The van der Waals surface area contributed by atoms with Crippen LogP contribution >= 0.6 is 0 Å². The van der Waals surface area contributed by atoms with Crippen LogP contribution in [-0.4, -0.2) is 44.2 Å². The Bertz CT molecular complexity index is 477. The van der Waals surface area contributed by atoms with Crippen molar-refractivity contribution in [2.75, 3.05) is 32.1 Å². The highest BCUT2D eigenvalue weighted by Crippen LogP contribution is 2.33. The van der Waals surface area contributed by atoms with Crippen molar-refractivity contribution in [3.8, 4) is 0 Å². The van der Waals surface area contributed by atoms with Crippen molar-refractivity contribution in [3.63, 3.8) is 0 Å². The van der Waals surface area contributed by atoms with Crippen molar-refractivity contribution in [2.24, 2.45) is 0 Å². The predicted molar refractivity (Wildman–Crippen MR) is 80.6 cm³/mol. The minimum absolute atomic E-state index is 0.0850. The van der Waals surface area contributed by atoms with Gasteiger partial charge in [-0.2, -0.15) is 0 Å². The van der Waals surface area contributed by atoms with Crippen LogP contribution in [0.1, 0.15) is 24.8 Å². The number of nitrogens with zero attached hydrogens (tertiary/aromatic N) is 2. The first kappa shape index (κ1) is 13.8. The molecule has 2 unspecified atom stereocenters. The number of rotatable bonds is 3. The third kappa shape index (κ3) is 2.42. The molecular weight excluding hydrogens is 253 g/mol. The van der Waals surface area contributed by atoms with Crippen LogP contribution < -0.4 is 10.2 Å². The fourth-order valence-corrected chi connectivity index (χ4v) is 3.76. The van der Waals surface area contributed by atoms with Crippen LogP contribution in [0.3, 0.4) is 0 Å². The molecule has 0 spiro atoms. The maximum absolute atomic E-state index is 14.3. The van der Waals surface area contributed by atoms with Crippen LogP contribution in [0.5, 0.6) is 0 Å². The van der Waals surface area contributed by atoms with Gasteiger partial charge in [0.25, 0.3) is 0 Å². The van der Waals surface area contributed by atoms with Gasteiger partial charge in [-0.05, 0) is 45.0 Å². The Morgan fingerprint density at radius 3 is 2.85 bits per heavy atom. The summed E-state index contributed by atoms with van der Waals surface area (Å²) >= 11 is 0. The van der Waals surface area contributed by atoms with Gasteiger partial charge in [-0.15, -0.1) is 0 Å². The third-order valence-corrected chi connectivity index (χ3v) is 4.90. The van der Waals surface area contributed by atoms with Gasteiger partial charge >= 0.3 is 0 Å². The van der Waals surface area contributed by atoms with Gasteiger partial charge in [-0.1, -0.05) is 12.1 Å². The van der Waals surface area contributed by atoms with Crippen LogP contribution in [0, 0.1) is 5.82 Å². The van der Waals surface area contributed by atoms with E-state index in [9.17, 15) is 4.39 Å². The topological polar surface area (TPSA) is 18.5 Å². The van der Waals surface area contributed by atoms with Gasteiger partial charge in [0.15, 0.2) is 0 Å². The van der Waals surface area contributed by atoms with Crippen LogP contribution in [-0.2, 0) is 6.54 Å². The molecule has 2 aliphatic rings. The number of anilines is 1. The molecule has 3 rings (SSSR count). The number of hydrogen-bond acceptors (Lipinski definition) is 3. The zero-order valence-corrected chi connectivity index (χ0v) is 12.4. The molecule has 2 bridgehead atoms. The molecule has 4 heteroatoms. The Morgan fingerprint density at radius 1 is 1.25 bits per heavy atom. The summed E-state index contributed by atoms with van der Waals surface area (Å²) in [5, 5.41) is 3.15. The SMILES string of the molecule is CNCc1cccc(F)c1N1CCC2CCC(C1)N2C. The molecule has 110 valence electrons. The molecule has 1 N–H and O–H groups in total. The summed E-state index contributed by atoms with van der Waals surface area (Å²) in [5.74, 6) is -0.0850. The first-order valence-electron chi connectivity index (χ1n) is 7.59. The van der Waals surface area contributed by atoms with Gasteiger partial charge in [0.2, 0.25) is 0 Å². The molecule has 2 fully saturated rings. The molecule has 2 saturated heterocycles. The van der Waals surface area contributed by atoms with Crippen molar-refractivity contribution in [1.82, 2.24) is 10.2 Å². The number of hydrogen-bond donors (Lipinski definition) is 1. The molecule has 0 aliphatic carbocycles. The average molecular weight is 277 g/mol. The summed E-state index contributed by atoms with van der Waals surface area (Å²) in [4.78, 5) is 4.76. The molecule has 2 aliphatic heterocycles. The Hall–Kier alpha value is -1.13. The number of para-hydroxylation sites is 1. The van der Waals surface area contributed by atoms with Crippen LogP contribution in [0.25, 0.3) is 0 Å². The van der Waals surface area contributed by atoms with Crippen molar-refractivity contribution >= 4 is 5.69 Å². The predicted octanol–water partition coefficient (Wildman–Crippen LogP) is 2.22. The summed E-state index contributed by atoms with van der Waals surface area (Å²) in [7, 11) is 4.13. The minimum Gasteiger partial charge on any atom is -0.367 e. The Morgan fingerprint density at radius 2 is 2.05 bits per heavy atom. The third-order valence-electron chi connectivity index (χ3n) is 4.90. The minimum atomic E-state index is -0.0850. The smallest absolute Gasteiger partial charge is 0.146 e. The van der Waals surface area contributed by atoms with Gasteiger partial charge < -0.3 is 10.2 Å². The van der Waals surface area contributed by atoms with E-state index in [2.05, 4.69) is 22.2 Å². The highest BCUT2D eigenvalue weighted by atomic mass is 19.1. The van der Waals surface area contributed by atoms with Crippen molar-refractivity contribution in [2.45, 2.75) is 37.9 Å².